The summed E-state index contributed by atoms with van der Waals surface area (Å²) in [7, 11) is 0. The molecule has 0 aliphatic heterocycles. The van der Waals surface area contributed by atoms with Gasteiger partial charge < -0.3 is 5.32 Å². The number of rotatable bonds is 6. The van der Waals surface area contributed by atoms with Gasteiger partial charge in [0.05, 0.1) is 0 Å². The van der Waals surface area contributed by atoms with Crippen molar-refractivity contribution in [1.29, 1.82) is 0 Å². The Bertz CT molecular complexity index is 321. The fourth-order valence-electron chi connectivity index (χ4n) is 1.49. The van der Waals surface area contributed by atoms with E-state index in [0.29, 0.717) is 0 Å². The topological polar surface area (TPSA) is 12.0 Å². The van der Waals surface area contributed by atoms with E-state index in [0.717, 1.165) is 24.8 Å². The maximum Gasteiger partial charge on any atom is 0.0106 e. The van der Waals surface area contributed by atoms with Crippen LogP contribution in [0.5, 0.6) is 0 Å². The minimum atomic E-state index is 0.741. The van der Waals surface area contributed by atoms with Crippen LogP contribution in [0.2, 0.25) is 0 Å². The maximum absolute atomic E-state index is 3.47. The average molecular weight is 237 g/mol. The van der Waals surface area contributed by atoms with Crippen LogP contribution in [0.4, 0.5) is 0 Å². The second kappa shape index (κ2) is 6.97. The summed E-state index contributed by atoms with van der Waals surface area (Å²) in [5.41, 5.74) is 2.74. The molecule has 0 atom stereocenters. The van der Waals surface area contributed by atoms with Gasteiger partial charge in [-0.3, -0.25) is 0 Å². The first kappa shape index (κ1) is 13.6. The van der Waals surface area contributed by atoms with E-state index in [-0.39, 0.29) is 0 Å². The lowest BCUT2D eigenvalue weighted by Crippen LogP contribution is -2.22. The maximum atomic E-state index is 3.47. The molecule has 0 fully saturated rings. The molecular weight excluding hydrogens is 214 g/mol. The Labute approximate surface area is 104 Å². The Morgan fingerprint density at radius 1 is 1.25 bits per heavy atom. The van der Waals surface area contributed by atoms with Crippen LogP contribution < -0.4 is 5.32 Å². The SMILES string of the molecule is Cc1ccc(C)c(SCCNCC(C)C)c1. The van der Waals surface area contributed by atoms with Gasteiger partial charge in [-0.1, -0.05) is 31.5 Å². The van der Waals surface area contributed by atoms with Crippen molar-refractivity contribution in [2.75, 3.05) is 18.8 Å². The van der Waals surface area contributed by atoms with Gasteiger partial charge >= 0.3 is 0 Å². The predicted molar refractivity (Wildman–Crippen MR) is 74.3 cm³/mol. The van der Waals surface area contributed by atoms with E-state index < -0.39 is 0 Å². The van der Waals surface area contributed by atoms with E-state index in [2.05, 4.69) is 51.2 Å². The summed E-state index contributed by atoms with van der Waals surface area (Å²) < 4.78 is 0. The van der Waals surface area contributed by atoms with Crippen LogP contribution in [0.3, 0.4) is 0 Å². The highest BCUT2D eigenvalue weighted by molar-refractivity contribution is 7.99. The smallest absolute Gasteiger partial charge is 0.0106 e. The van der Waals surface area contributed by atoms with Crippen LogP contribution in [0.25, 0.3) is 0 Å². The van der Waals surface area contributed by atoms with Crippen LogP contribution >= 0.6 is 11.8 Å². The molecule has 1 N–H and O–H groups in total. The molecule has 0 radical (unpaired) electrons. The zero-order valence-corrected chi connectivity index (χ0v) is 11.7. The second-order valence-electron chi connectivity index (χ2n) is 4.72. The lowest BCUT2D eigenvalue weighted by Gasteiger charge is -2.09. The molecule has 90 valence electrons. The first-order valence-corrected chi connectivity index (χ1v) is 6.99. The monoisotopic (exact) mass is 237 g/mol. The van der Waals surface area contributed by atoms with E-state index in [1.807, 2.05) is 11.8 Å². The third kappa shape index (κ3) is 5.04. The van der Waals surface area contributed by atoms with Gasteiger partial charge in [0.15, 0.2) is 0 Å². The Balaban J connectivity index is 2.29. The van der Waals surface area contributed by atoms with Gasteiger partial charge in [0, 0.05) is 17.2 Å². The van der Waals surface area contributed by atoms with Crippen LogP contribution in [-0.4, -0.2) is 18.8 Å². The molecule has 0 spiro atoms. The lowest BCUT2D eigenvalue weighted by molar-refractivity contribution is 0.568. The lowest BCUT2D eigenvalue weighted by atomic mass is 10.2. The molecule has 0 unspecified atom stereocenters. The molecule has 1 rings (SSSR count). The molecule has 1 aromatic carbocycles. The Kier molecular flexibility index (Phi) is 5.93. The first-order valence-electron chi connectivity index (χ1n) is 6.00. The molecule has 0 saturated carbocycles. The normalized spacial score (nSPS) is 11.1. The Morgan fingerprint density at radius 3 is 2.69 bits per heavy atom. The van der Waals surface area contributed by atoms with Crippen LogP contribution in [0, 0.1) is 19.8 Å². The largest absolute Gasteiger partial charge is 0.316 e. The highest BCUT2D eigenvalue weighted by Gasteiger charge is 1.99. The van der Waals surface area contributed by atoms with E-state index in [1.54, 1.807) is 0 Å². The molecule has 1 nitrogen and oxygen atoms in total. The van der Waals surface area contributed by atoms with Crippen molar-refractivity contribution < 1.29 is 0 Å². The number of hydrogen-bond donors (Lipinski definition) is 1. The van der Waals surface area contributed by atoms with Crippen LogP contribution in [0.15, 0.2) is 23.1 Å². The van der Waals surface area contributed by atoms with Crippen molar-refractivity contribution >= 4 is 11.8 Å². The van der Waals surface area contributed by atoms with Gasteiger partial charge in [0.25, 0.3) is 0 Å². The fraction of sp³-hybridized carbons (Fsp3) is 0.571. The van der Waals surface area contributed by atoms with Crippen molar-refractivity contribution in [1.82, 2.24) is 5.32 Å². The summed E-state index contributed by atoms with van der Waals surface area (Å²) in [5.74, 6) is 1.89. The van der Waals surface area contributed by atoms with Crippen molar-refractivity contribution in [2.45, 2.75) is 32.6 Å². The van der Waals surface area contributed by atoms with E-state index in [9.17, 15) is 0 Å². The molecule has 0 bridgehead atoms. The first-order chi connectivity index (χ1) is 7.59. The molecule has 16 heavy (non-hydrogen) atoms. The number of nitrogens with one attached hydrogen (secondary N) is 1. The van der Waals surface area contributed by atoms with Gasteiger partial charge in [-0.2, -0.15) is 0 Å². The number of aryl methyl sites for hydroxylation is 2. The van der Waals surface area contributed by atoms with E-state index in [4.69, 9.17) is 0 Å². The van der Waals surface area contributed by atoms with Gasteiger partial charge in [-0.05, 0) is 37.9 Å². The summed E-state index contributed by atoms with van der Waals surface area (Å²) in [4.78, 5) is 1.42. The van der Waals surface area contributed by atoms with Gasteiger partial charge in [0.2, 0.25) is 0 Å². The molecule has 1 aromatic rings. The molecule has 0 saturated heterocycles. The minimum absolute atomic E-state index is 0.741. The highest BCUT2D eigenvalue weighted by Crippen LogP contribution is 2.22. The number of hydrogen-bond acceptors (Lipinski definition) is 2. The van der Waals surface area contributed by atoms with Gasteiger partial charge in [-0.15, -0.1) is 11.8 Å². The summed E-state index contributed by atoms with van der Waals surface area (Å²) in [6, 6.07) is 6.66. The van der Waals surface area contributed by atoms with Crippen molar-refractivity contribution in [3.05, 3.63) is 29.3 Å². The summed E-state index contributed by atoms with van der Waals surface area (Å²) in [5, 5.41) is 3.47. The zero-order valence-electron chi connectivity index (χ0n) is 10.8. The molecule has 0 amide bonds. The molecule has 0 aliphatic rings. The molecule has 0 aliphatic carbocycles. The summed E-state index contributed by atoms with van der Waals surface area (Å²) in [6.07, 6.45) is 0. The van der Waals surface area contributed by atoms with Crippen molar-refractivity contribution in [2.24, 2.45) is 5.92 Å². The Hall–Kier alpha value is -0.470. The average Bonchev–Trinajstić information content (AvgIpc) is 2.22. The number of benzene rings is 1. The van der Waals surface area contributed by atoms with Crippen LogP contribution in [-0.2, 0) is 0 Å². The third-order valence-corrected chi connectivity index (χ3v) is 3.59. The predicted octanol–water partition coefficient (Wildman–Crippen LogP) is 3.64. The molecule has 2 heteroatoms. The molecule has 0 aromatic heterocycles. The standard InChI is InChI=1S/C14H23NS/c1-11(2)10-15-7-8-16-14-9-12(3)5-6-13(14)4/h5-6,9,11,15H,7-8,10H2,1-4H3. The summed E-state index contributed by atoms with van der Waals surface area (Å²) >= 11 is 1.95. The summed E-state index contributed by atoms with van der Waals surface area (Å²) in [6.45, 7) is 11.0. The molecule has 0 heterocycles. The van der Waals surface area contributed by atoms with Crippen LogP contribution in [0.1, 0.15) is 25.0 Å². The van der Waals surface area contributed by atoms with Gasteiger partial charge in [-0.25, -0.2) is 0 Å². The highest BCUT2D eigenvalue weighted by atomic mass is 32.2. The minimum Gasteiger partial charge on any atom is -0.316 e. The quantitative estimate of drug-likeness (QED) is 0.599. The van der Waals surface area contributed by atoms with Crippen molar-refractivity contribution in [3.8, 4) is 0 Å². The fourth-order valence-corrected chi connectivity index (χ4v) is 2.52. The number of thioether (sulfide) groups is 1. The molecular formula is C14H23NS. The Morgan fingerprint density at radius 2 is 2.00 bits per heavy atom. The second-order valence-corrected chi connectivity index (χ2v) is 5.85. The zero-order chi connectivity index (χ0) is 12.0. The third-order valence-electron chi connectivity index (χ3n) is 2.43. The van der Waals surface area contributed by atoms with Gasteiger partial charge in [0.1, 0.15) is 0 Å². The van der Waals surface area contributed by atoms with E-state index >= 15 is 0 Å². The van der Waals surface area contributed by atoms with Crippen molar-refractivity contribution in [3.63, 3.8) is 0 Å². The van der Waals surface area contributed by atoms with E-state index in [1.165, 1.54) is 16.0 Å².